The first-order valence-corrected chi connectivity index (χ1v) is 11.1. The number of para-hydroxylation sites is 1. The highest BCUT2D eigenvalue weighted by molar-refractivity contribution is 6.01. The highest BCUT2D eigenvalue weighted by atomic mass is 16.5. The van der Waals surface area contributed by atoms with Crippen molar-refractivity contribution in [1.29, 1.82) is 0 Å². The Morgan fingerprint density at radius 2 is 1.66 bits per heavy atom. The van der Waals surface area contributed by atoms with Gasteiger partial charge in [0.15, 0.2) is 0 Å². The van der Waals surface area contributed by atoms with E-state index >= 15 is 0 Å². The molecule has 0 spiro atoms. The van der Waals surface area contributed by atoms with E-state index < -0.39 is 6.04 Å². The van der Waals surface area contributed by atoms with Gasteiger partial charge in [0.25, 0.3) is 5.89 Å². The van der Waals surface area contributed by atoms with Gasteiger partial charge in [0.2, 0.25) is 5.82 Å². The fourth-order valence-corrected chi connectivity index (χ4v) is 4.17. The Balaban J connectivity index is 1.63. The molecule has 2 heterocycles. The number of hydrogen-bond donors (Lipinski definition) is 1. The van der Waals surface area contributed by atoms with Crippen molar-refractivity contribution >= 4 is 17.3 Å². The van der Waals surface area contributed by atoms with Crippen molar-refractivity contribution in [1.82, 2.24) is 15.5 Å². The molecule has 1 N–H and O–H groups in total. The molecule has 8 nitrogen and oxygen atoms in total. The van der Waals surface area contributed by atoms with E-state index in [1.54, 1.807) is 19.1 Å². The summed E-state index contributed by atoms with van der Waals surface area (Å²) < 4.78 is 16.4. The summed E-state index contributed by atoms with van der Waals surface area (Å²) in [5, 5.41) is 7.32. The summed E-state index contributed by atoms with van der Waals surface area (Å²) >= 11 is 0. The number of amides is 2. The zero-order valence-corrected chi connectivity index (χ0v) is 19.6. The minimum Gasteiger partial charge on any atom is -0.497 e. The smallest absolute Gasteiger partial charge is 0.326 e. The fourth-order valence-electron chi connectivity index (χ4n) is 4.17. The van der Waals surface area contributed by atoms with Crippen LogP contribution in [0.3, 0.4) is 0 Å². The SMILES string of the molecule is COc1ccc(-c2noc(C3=C(C)N(c4ccccc4)C(=O)NC3c3cccc(OC)c3)n2)cc1. The summed E-state index contributed by atoms with van der Waals surface area (Å²) in [5.74, 6) is 2.18. The van der Waals surface area contributed by atoms with Crippen LogP contribution in [0.25, 0.3) is 17.0 Å². The molecular weight excluding hydrogens is 444 g/mol. The standard InChI is InChI=1S/C27H24N4O4/c1-17-23(26-29-25(30-35-26)18-12-14-21(33-2)15-13-18)24(19-8-7-11-22(16-19)34-3)28-27(32)31(17)20-9-5-4-6-10-20/h4-16,24H,1-3H3,(H,28,32). The predicted octanol–water partition coefficient (Wildman–Crippen LogP) is 5.46. The molecule has 1 aromatic heterocycles. The van der Waals surface area contributed by atoms with E-state index in [0.717, 1.165) is 22.6 Å². The molecule has 1 aliphatic heterocycles. The number of nitrogens with one attached hydrogen (secondary N) is 1. The number of carbonyl (C=O) groups is 1. The molecule has 0 bridgehead atoms. The Kier molecular flexibility index (Phi) is 5.93. The third-order valence-corrected chi connectivity index (χ3v) is 5.93. The second kappa shape index (κ2) is 9.34. The Labute approximate surface area is 202 Å². The van der Waals surface area contributed by atoms with Gasteiger partial charge in [-0.15, -0.1) is 0 Å². The number of allylic oxidation sites excluding steroid dienone is 1. The van der Waals surface area contributed by atoms with E-state index in [1.807, 2.05) is 85.8 Å². The third-order valence-electron chi connectivity index (χ3n) is 5.93. The molecule has 2 amide bonds. The van der Waals surface area contributed by atoms with E-state index in [1.165, 1.54) is 0 Å². The van der Waals surface area contributed by atoms with Gasteiger partial charge in [-0.05, 0) is 61.0 Å². The lowest BCUT2D eigenvalue weighted by Gasteiger charge is -2.35. The summed E-state index contributed by atoms with van der Waals surface area (Å²) in [7, 11) is 3.22. The summed E-state index contributed by atoms with van der Waals surface area (Å²) in [6.07, 6.45) is 0. The van der Waals surface area contributed by atoms with Crippen LogP contribution in [0.2, 0.25) is 0 Å². The first-order valence-electron chi connectivity index (χ1n) is 11.1. The Bertz CT molecular complexity index is 1380. The van der Waals surface area contributed by atoms with Gasteiger partial charge < -0.3 is 19.3 Å². The molecule has 0 saturated heterocycles. The number of nitrogens with zero attached hydrogens (tertiary/aromatic N) is 3. The van der Waals surface area contributed by atoms with Crippen LogP contribution in [0.15, 0.2) is 89.1 Å². The average Bonchev–Trinajstić information content (AvgIpc) is 3.39. The number of methoxy groups -OCH3 is 2. The van der Waals surface area contributed by atoms with E-state index in [-0.39, 0.29) is 6.03 Å². The number of carbonyl (C=O) groups excluding carboxylic acids is 1. The predicted molar refractivity (Wildman–Crippen MR) is 132 cm³/mol. The van der Waals surface area contributed by atoms with Crippen LogP contribution in [-0.2, 0) is 0 Å². The van der Waals surface area contributed by atoms with E-state index in [2.05, 4.69) is 10.5 Å². The largest absolute Gasteiger partial charge is 0.497 e. The molecule has 5 rings (SSSR count). The maximum atomic E-state index is 13.3. The minimum atomic E-state index is -0.512. The van der Waals surface area contributed by atoms with Crippen molar-refractivity contribution in [2.45, 2.75) is 13.0 Å². The number of hydrogen-bond acceptors (Lipinski definition) is 6. The molecule has 3 aromatic carbocycles. The normalized spacial score (nSPS) is 15.7. The van der Waals surface area contributed by atoms with Crippen LogP contribution in [0.4, 0.5) is 10.5 Å². The molecule has 0 fully saturated rings. The van der Waals surface area contributed by atoms with Crippen molar-refractivity contribution < 1.29 is 18.8 Å². The maximum absolute atomic E-state index is 13.3. The van der Waals surface area contributed by atoms with E-state index in [9.17, 15) is 4.79 Å². The number of urea groups is 1. The molecule has 0 saturated carbocycles. The van der Waals surface area contributed by atoms with Crippen LogP contribution in [0, 0.1) is 0 Å². The Hall–Kier alpha value is -4.59. The maximum Gasteiger partial charge on any atom is 0.326 e. The van der Waals surface area contributed by atoms with E-state index in [4.69, 9.17) is 19.0 Å². The molecular formula is C27H24N4O4. The molecule has 8 heteroatoms. The molecule has 35 heavy (non-hydrogen) atoms. The van der Waals surface area contributed by atoms with Crippen LogP contribution < -0.4 is 19.7 Å². The fraction of sp³-hybridized carbons (Fsp3) is 0.148. The highest BCUT2D eigenvalue weighted by Gasteiger charge is 2.36. The second-order valence-corrected chi connectivity index (χ2v) is 7.98. The van der Waals surface area contributed by atoms with Gasteiger partial charge in [-0.1, -0.05) is 35.5 Å². The lowest BCUT2D eigenvalue weighted by molar-refractivity contribution is 0.244. The first kappa shape index (κ1) is 22.2. The zero-order chi connectivity index (χ0) is 24.4. The topological polar surface area (TPSA) is 89.7 Å². The molecule has 1 aliphatic rings. The van der Waals surface area contributed by atoms with Gasteiger partial charge in [0.1, 0.15) is 11.5 Å². The second-order valence-electron chi connectivity index (χ2n) is 7.98. The Morgan fingerprint density at radius 1 is 0.914 bits per heavy atom. The lowest BCUT2D eigenvalue weighted by atomic mass is 9.94. The quantitative estimate of drug-likeness (QED) is 0.404. The van der Waals surface area contributed by atoms with Gasteiger partial charge in [-0.2, -0.15) is 4.98 Å². The monoisotopic (exact) mass is 468 g/mol. The van der Waals surface area contributed by atoms with Crippen LogP contribution in [0.1, 0.15) is 24.4 Å². The third kappa shape index (κ3) is 4.21. The van der Waals surface area contributed by atoms with Crippen LogP contribution in [-0.4, -0.2) is 30.4 Å². The van der Waals surface area contributed by atoms with Crippen LogP contribution in [0.5, 0.6) is 11.5 Å². The van der Waals surface area contributed by atoms with Crippen LogP contribution >= 0.6 is 0 Å². The van der Waals surface area contributed by atoms with Crippen molar-refractivity contribution in [2.75, 3.05) is 19.1 Å². The summed E-state index contributed by atoms with van der Waals surface area (Å²) in [6, 6.07) is 23.6. The number of ether oxygens (including phenoxy) is 2. The average molecular weight is 469 g/mol. The van der Waals surface area contributed by atoms with Gasteiger partial charge in [0, 0.05) is 11.3 Å². The molecule has 0 aliphatic carbocycles. The number of anilines is 1. The number of rotatable bonds is 6. The molecule has 4 aromatic rings. The molecule has 176 valence electrons. The zero-order valence-electron chi connectivity index (χ0n) is 19.6. The lowest BCUT2D eigenvalue weighted by Crippen LogP contribution is -2.46. The van der Waals surface area contributed by atoms with Gasteiger partial charge >= 0.3 is 6.03 Å². The summed E-state index contributed by atoms with van der Waals surface area (Å²) in [5.41, 5.74) is 3.76. The Morgan fingerprint density at radius 3 is 2.37 bits per heavy atom. The van der Waals surface area contributed by atoms with Gasteiger partial charge in [0.05, 0.1) is 31.5 Å². The molecule has 1 atom stereocenters. The van der Waals surface area contributed by atoms with Crippen molar-refractivity contribution in [3.8, 4) is 22.9 Å². The highest BCUT2D eigenvalue weighted by Crippen LogP contribution is 2.39. The molecule has 1 unspecified atom stereocenters. The van der Waals surface area contributed by atoms with E-state index in [0.29, 0.717) is 28.7 Å². The number of benzene rings is 3. The van der Waals surface area contributed by atoms with Crippen molar-refractivity contribution in [3.05, 3.63) is 96.0 Å². The first-order chi connectivity index (χ1) is 17.1. The van der Waals surface area contributed by atoms with Crippen molar-refractivity contribution in [2.24, 2.45) is 0 Å². The summed E-state index contributed by atoms with van der Waals surface area (Å²) in [4.78, 5) is 19.6. The van der Waals surface area contributed by atoms with Gasteiger partial charge in [-0.3, -0.25) is 4.90 Å². The minimum absolute atomic E-state index is 0.250. The molecule has 0 radical (unpaired) electrons. The van der Waals surface area contributed by atoms with Gasteiger partial charge in [-0.25, -0.2) is 4.79 Å². The number of aromatic nitrogens is 2. The van der Waals surface area contributed by atoms with Crippen molar-refractivity contribution in [3.63, 3.8) is 0 Å². The summed E-state index contributed by atoms with van der Waals surface area (Å²) in [6.45, 7) is 1.88.